The molecule has 2 heteroatoms. The van der Waals surface area contributed by atoms with Crippen molar-refractivity contribution in [3.8, 4) is 5.75 Å². The monoisotopic (exact) mass is 352 g/mol. The third kappa shape index (κ3) is 3.00. The molecule has 0 saturated carbocycles. The van der Waals surface area contributed by atoms with Crippen molar-refractivity contribution in [2.45, 2.75) is 6.92 Å². The van der Waals surface area contributed by atoms with Crippen molar-refractivity contribution in [2.75, 3.05) is 7.11 Å². The van der Waals surface area contributed by atoms with Gasteiger partial charge in [-0.2, -0.15) is 0 Å². The lowest BCUT2D eigenvalue weighted by molar-refractivity contribution is -0.108. The first kappa shape index (κ1) is 17.0. The number of carbonyl (C=O) groups excluding carboxylic acids is 1. The normalized spacial score (nSPS) is 14.1. The molecule has 3 aromatic rings. The first-order valence-corrected chi connectivity index (χ1v) is 8.96. The van der Waals surface area contributed by atoms with Crippen molar-refractivity contribution >= 4 is 22.5 Å². The number of ketones is 1. The van der Waals surface area contributed by atoms with Crippen LogP contribution in [0.2, 0.25) is 0 Å². The van der Waals surface area contributed by atoms with Crippen molar-refractivity contribution in [2.24, 2.45) is 0 Å². The molecule has 1 aliphatic rings. The lowest BCUT2D eigenvalue weighted by atomic mass is 9.94. The van der Waals surface area contributed by atoms with Crippen molar-refractivity contribution in [3.63, 3.8) is 0 Å². The standard InChI is InChI=1S/C25H20O2/c1-17-22(18-9-5-3-6-10-18)24(19-11-7-4-8-12-19)25(26)23(17)20-13-15-21(27-2)16-14-20/h3-16H,1-2H3. The highest BCUT2D eigenvalue weighted by Gasteiger charge is 2.32. The van der Waals surface area contributed by atoms with Gasteiger partial charge in [0.2, 0.25) is 0 Å². The summed E-state index contributed by atoms with van der Waals surface area (Å²) < 4.78 is 5.25. The largest absolute Gasteiger partial charge is 0.497 e. The van der Waals surface area contributed by atoms with Gasteiger partial charge in [-0.25, -0.2) is 0 Å². The SMILES string of the molecule is COc1ccc(C2=C(C)C(c3ccccc3)=C(c3ccccc3)C2=O)cc1. The molecule has 0 aromatic heterocycles. The molecule has 0 N–H and O–H groups in total. The molecule has 0 radical (unpaired) electrons. The quantitative estimate of drug-likeness (QED) is 0.605. The highest BCUT2D eigenvalue weighted by atomic mass is 16.5. The zero-order valence-corrected chi connectivity index (χ0v) is 15.4. The Kier molecular flexibility index (Phi) is 4.47. The summed E-state index contributed by atoms with van der Waals surface area (Å²) in [7, 11) is 1.64. The maximum atomic E-state index is 13.5. The van der Waals surface area contributed by atoms with Gasteiger partial charge in [0, 0.05) is 11.1 Å². The van der Waals surface area contributed by atoms with E-state index in [1.165, 1.54) is 0 Å². The fourth-order valence-corrected chi connectivity index (χ4v) is 3.67. The Morgan fingerprint density at radius 2 is 1.07 bits per heavy atom. The molecule has 4 rings (SSSR count). The number of allylic oxidation sites excluding steroid dienone is 4. The molecule has 0 atom stereocenters. The summed E-state index contributed by atoms with van der Waals surface area (Å²) in [5.74, 6) is 0.852. The average molecular weight is 352 g/mol. The van der Waals surface area contributed by atoms with E-state index >= 15 is 0 Å². The lowest BCUT2D eigenvalue weighted by Crippen LogP contribution is -2.01. The number of benzene rings is 3. The maximum Gasteiger partial charge on any atom is 0.195 e. The third-order valence-corrected chi connectivity index (χ3v) is 4.96. The highest BCUT2D eigenvalue weighted by Crippen LogP contribution is 2.44. The molecular weight excluding hydrogens is 332 g/mol. The summed E-state index contributed by atoms with van der Waals surface area (Å²) in [4.78, 5) is 13.5. The van der Waals surface area contributed by atoms with Crippen LogP contribution in [-0.4, -0.2) is 12.9 Å². The summed E-state index contributed by atoms with van der Waals surface area (Å²) in [6.45, 7) is 2.04. The highest BCUT2D eigenvalue weighted by molar-refractivity contribution is 6.52. The van der Waals surface area contributed by atoms with Gasteiger partial charge >= 0.3 is 0 Å². The fraction of sp³-hybridized carbons (Fsp3) is 0.0800. The summed E-state index contributed by atoms with van der Waals surface area (Å²) in [5.41, 5.74) is 6.47. The third-order valence-electron chi connectivity index (χ3n) is 4.96. The number of hydrogen-bond donors (Lipinski definition) is 0. The van der Waals surface area contributed by atoms with E-state index in [-0.39, 0.29) is 5.78 Å². The average Bonchev–Trinajstić information content (AvgIpc) is 2.99. The topological polar surface area (TPSA) is 26.3 Å². The Bertz CT molecular complexity index is 1040. The van der Waals surface area contributed by atoms with Gasteiger partial charge < -0.3 is 4.74 Å². The smallest absolute Gasteiger partial charge is 0.195 e. The number of hydrogen-bond acceptors (Lipinski definition) is 2. The second-order valence-electron chi connectivity index (χ2n) is 6.54. The minimum atomic E-state index is 0.0720. The first-order chi connectivity index (χ1) is 13.2. The van der Waals surface area contributed by atoms with Crippen LogP contribution in [0.5, 0.6) is 5.75 Å². The Hall–Kier alpha value is -3.39. The lowest BCUT2D eigenvalue weighted by Gasteiger charge is -2.09. The Morgan fingerprint density at radius 1 is 0.593 bits per heavy atom. The van der Waals surface area contributed by atoms with Gasteiger partial charge in [0.1, 0.15) is 5.75 Å². The van der Waals surface area contributed by atoms with Gasteiger partial charge in [-0.15, -0.1) is 0 Å². The molecule has 0 spiro atoms. The zero-order chi connectivity index (χ0) is 18.8. The summed E-state index contributed by atoms with van der Waals surface area (Å²) in [5, 5.41) is 0. The molecule has 1 aliphatic carbocycles. The van der Waals surface area contributed by atoms with Crippen LogP contribution in [0.25, 0.3) is 16.7 Å². The van der Waals surface area contributed by atoms with Gasteiger partial charge in [-0.3, -0.25) is 4.79 Å². The second-order valence-corrected chi connectivity index (χ2v) is 6.54. The predicted molar refractivity (Wildman–Crippen MR) is 110 cm³/mol. The van der Waals surface area contributed by atoms with Crippen LogP contribution in [0, 0.1) is 0 Å². The Morgan fingerprint density at radius 3 is 1.59 bits per heavy atom. The van der Waals surface area contributed by atoms with E-state index in [0.717, 1.165) is 44.7 Å². The van der Waals surface area contributed by atoms with Crippen LogP contribution in [0.3, 0.4) is 0 Å². The van der Waals surface area contributed by atoms with E-state index in [9.17, 15) is 4.79 Å². The number of ether oxygens (including phenoxy) is 1. The second kappa shape index (κ2) is 7.08. The van der Waals surface area contributed by atoms with E-state index in [1.54, 1.807) is 7.11 Å². The number of rotatable bonds is 4. The fourth-order valence-electron chi connectivity index (χ4n) is 3.67. The van der Waals surface area contributed by atoms with Crippen molar-refractivity contribution in [1.82, 2.24) is 0 Å². The van der Waals surface area contributed by atoms with Crippen molar-refractivity contribution in [3.05, 3.63) is 107 Å². The number of methoxy groups -OCH3 is 1. The predicted octanol–water partition coefficient (Wildman–Crippen LogP) is 5.66. The maximum absolute atomic E-state index is 13.5. The molecular formula is C25H20O2. The molecule has 0 saturated heterocycles. The van der Waals surface area contributed by atoms with Gasteiger partial charge in [-0.1, -0.05) is 72.8 Å². The van der Waals surface area contributed by atoms with Gasteiger partial charge in [0.05, 0.1) is 7.11 Å². The summed E-state index contributed by atoms with van der Waals surface area (Å²) in [6.07, 6.45) is 0. The van der Waals surface area contributed by atoms with Gasteiger partial charge in [0.25, 0.3) is 0 Å². The molecule has 0 fully saturated rings. The molecule has 0 unspecified atom stereocenters. The van der Waals surface area contributed by atoms with Gasteiger partial charge in [0.15, 0.2) is 5.78 Å². The summed E-state index contributed by atoms with van der Waals surface area (Å²) in [6, 6.07) is 27.7. The van der Waals surface area contributed by atoms with Crippen molar-refractivity contribution < 1.29 is 9.53 Å². The van der Waals surface area contributed by atoms with Crippen LogP contribution < -0.4 is 4.74 Å². The minimum absolute atomic E-state index is 0.0720. The molecule has 0 aliphatic heterocycles. The van der Waals surface area contributed by atoms with E-state index in [4.69, 9.17) is 4.74 Å². The van der Waals surface area contributed by atoms with Crippen LogP contribution in [0.15, 0.2) is 90.5 Å². The van der Waals surface area contributed by atoms with Crippen LogP contribution >= 0.6 is 0 Å². The first-order valence-electron chi connectivity index (χ1n) is 8.96. The Labute approximate surface area is 159 Å². The Balaban J connectivity index is 1.91. The number of carbonyl (C=O) groups is 1. The van der Waals surface area contributed by atoms with E-state index < -0.39 is 0 Å². The molecule has 0 bridgehead atoms. The number of Topliss-reactive ketones (excluding diaryl/α,β-unsaturated/α-hetero) is 1. The van der Waals surface area contributed by atoms with E-state index in [1.807, 2.05) is 79.7 Å². The molecule has 132 valence electrons. The zero-order valence-electron chi connectivity index (χ0n) is 15.4. The minimum Gasteiger partial charge on any atom is -0.497 e. The van der Waals surface area contributed by atoms with Gasteiger partial charge in [-0.05, 0) is 46.9 Å². The molecule has 3 aromatic carbocycles. The molecule has 2 nitrogen and oxygen atoms in total. The molecule has 0 heterocycles. The molecule has 27 heavy (non-hydrogen) atoms. The van der Waals surface area contributed by atoms with E-state index in [0.29, 0.717) is 0 Å². The van der Waals surface area contributed by atoms with Crippen LogP contribution in [0.4, 0.5) is 0 Å². The summed E-state index contributed by atoms with van der Waals surface area (Å²) >= 11 is 0. The molecule has 0 amide bonds. The van der Waals surface area contributed by atoms with Crippen LogP contribution in [0.1, 0.15) is 23.6 Å². The van der Waals surface area contributed by atoms with Crippen molar-refractivity contribution in [1.29, 1.82) is 0 Å². The van der Waals surface area contributed by atoms with E-state index in [2.05, 4.69) is 12.1 Å². The van der Waals surface area contributed by atoms with Crippen LogP contribution in [-0.2, 0) is 4.79 Å².